The van der Waals surface area contributed by atoms with Gasteiger partial charge in [0.05, 0.1) is 24.2 Å². The first-order valence-electron chi connectivity index (χ1n) is 5.13. The van der Waals surface area contributed by atoms with Gasteiger partial charge in [-0.15, -0.1) is 11.3 Å². The first-order valence-corrected chi connectivity index (χ1v) is 6.45. The zero-order chi connectivity index (χ0) is 12.1. The number of nitrogens with one attached hydrogen (secondary N) is 1. The van der Waals surface area contributed by atoms with E-state index in [0.29, 0.717) is 18.0 Å². The fraction of sp³-hybridized carbons (Fsp3) is 0.167. The normalized spacial score (nSPS) is 10.2. The molecule has 0 saturated heterocycles. The van der Waals surface area contributed by atoms with Crippen molar-refractivity contribution in [3.8, 4) is 0 Å². The Morgan fingerprint density at radius 2 is 2.24 bits per heavy atom. The van der Waals surface area contributed by atoms with E-state index in [0.717, 1.165) is 11.3 Å². The van der Waals surface area contributed by atoms with Crippen LogP contribution in [0.1, 0.15) is 11.3 Å². The Morgan fingerprint density at radius 1 is 1.41 bits per heavy atom. The van der Waals surface area contributed by atoms with E-state index in [1.807, 2.05) is 23.6 Å². The molecule has 1 aromatic heterocycles. The lowest BCUT2D eigenvalue weighted by atomic mass is 10.1. The average molecular weight is 267 g/mol. The molecule has 1 aromatic carbocycles. The number of benzene rings is 1. The maximum absolute atomic E-state index is 11.7. The minimum Gasteiger partial charge on any atom is -0.350 e. The van der Waals surface area contributed by atoms with Gasteiger partial charge in [-0.3, -0.25) is 4.79 Å². The second kappa shape index (κ2) is 5.80. The number of thiazole rings is 1. The van der Waals surface area contributed by atoms with Crippen LogP contribution >= 0.6 is 22.9 Å². The van der Waals surface area contributed by atoms with Crippen molar-refractivity contribution in [2.24, 2.45) is 0 Å². The van der Waals surface area contributed by atoms with E-state index in [4.69, 9.17) is 11.6 Å². The molecule has 3 nitrogen and oxygen atoms in total. The number of halogens is 1. The largest absolute Gasteiger partial charge is 0.350 e. The Morgan fingerprint density at radius 3 is 2.94 bits per heavy atom. The van der Waals surface area contributed by atoms with Crippen molar-refractivity contribution in [1.29, 1.82) is 0 Å². The van der Waals surface area contributed by atoms with Gasteiger partial charge in [0.2, 0.25) is 5.91 Å². The Bertz CT molecular complexity index is 499. The average Bonchev–Trinajstić information content (AvgIpc) is 2.82. The molecule has 5 heteroatoms. The Labute approximate surface area is 108 Å². The van der Waals surface area contributed by atoms with Crippen LogP contribution in [0.2, 0.25) is 5.02 Å². The van der Waals surface area contributed by atoms with E-state index < -0.39 is 0 Å². The van der Waals surface area contributed by atoms with Gasteiger partial charge in [0.15, 0.2) is 0 Å². The maximum atomic E-state index is 11.7. The van der Waals surface area contributed by atoms with Gasteiger partial charge in [-0.05, 0) is 11.6 Å². The molecule has 1 heterocycles. The predicted octanol–water partition coefficient (Wildman–Crippen LogP) is 2.66. The Balaban J connectivity index is 1.87. The molecule has 17 heavy (non-hydrogen) atoms. The minimum atomic E-state index is -0.0499. The summed E-state index contributed by atoms with van der Waals surface area (Å²) in [4.78, 5) is 15.8. The van der Waals surface area contributed by atoms with Crippen molar-refractivity contribution in [3.05, 3.63) is 51.4 Å². The van der Waals surface area contributed by atoms with Gasteiger partial charge in [-0.2, -0.15) is 0 Å². The summed E-state index contributed by atoms with van der Waals surface area (Å²) in [5.74, 6) is -0.0499. The van der Waals surface area contributed by atoms with E-state index in [1.54, 1.807) is 11.6 Å². The summed E-state index contributed by atoms with van der Waals surface area (Å²) < 4.78 is 0. The van der Waals surface area contributed by atoms with Gasteiger partial charge in [-0.1, -0.05) is 29.8 Å². The molecule has 0 aliphatic rings. The van der Waals surface area contributed by atoms with E-state index in [-0.39, 0.29) is 5.91 Å². The lowest BCUT2D eigenvalue weighted by Gasteiger charge is -2.05. The lowest BCUT2D eigenvalue weighted by molar-refractivity contribution is -0.120. The highest BCUT2D eigenvalue weighted by Gasteiger charge is 2.06. The molecule has 2 aromatic rings. The SMILES string of the molecule is O=C(Cc1ccccc1Cl)NCc1cscn1. The van der Waals surface area contributed by atoms with E-state index >= 15 is 0 Å². The van der Waals surface area contributed by atoms with Crippen LogP contribution in [-0.2, 0) is 17.8 Å². The third-order valence-electron chi connectivity index (χ3n) is 2.26. The van der Waals surface area contributed by atoms with Crippen LogP contribution in [-0.4, -0.2) is 10.9 Å². The fourth-order valence-electron chi connectivity index (χ4n) is 1.39. The summed E-state index contributed by atoms with van der Waals surface area (Å²) in [6, 6.07) is 7.35. The monoisotopic (exact) mass is 266 g/mol. The van der Waals surface area contributed by atoms with E-state index in [1.165, 1.54) is 11.3 Å². The smallest absolute Gasteiger partial charge is 0.224 e. The van der Waals surface area contributed by atoms with Crippen LogP contribution in [0.15, 0.2) is 35.2 Å². The number of amides is 1. The zero-order valence-electron chi connectivity index (χ0n) is 9.02. The summed E-state index contributed by atoms with van der Waals surface area (Å²) in [6.45, 7) is 0.465. The Kier molecular flexibility index (Phi) is 4.12. The molecule has 1 N–H and O–H groups in total. The number of hydrogen-bond donors (Lipinski definition) is 1. The number of carbonyl (C=O) groups excluding carboxylic acids is 1. The van der Waals surface area contributed by atoms with Gasteiger partial charge in [0, 0.05) is 10.4 Å². The van der Waals surface area contributed by atoms with Crippen LogP contribution in [0, 0.1) is 0 Å². The molecular weight excluding hydrogens is 256 g/mol. The number of nitrogens with zero attached hydrogens (tertiary/aromatic N) is 1. The maximum Gasteiger partial charge on any atom is 0.224 e. The molecule has 0 aliphatic heterocycles. The van der Waals surface area contributed by atoms with Crippen molar-refractivity contribution >= 4 is 28.8 Å². The molecule has 0 atom stereocenters. The van der Waals surface area contributed by atoms with Crippen molar-refractivity contribution in [2.45, 2.75) is 13.0 Å². The molecule has 88 valence electrons. The van der Waals surface area contributed by atoms with Crippen LogP contribution in [0.5, 0.6) is 0 Å². The molecule has 0 saturated carbocycles. The van der Waals surface area contributed by atoms with E-state index in [9.17, 15) is 4.79 Å². The highest BCUT2D eigenvalue weighted by atomic mass is 35.5. The Hall–Kier alpha value is -1.39. The minimum absolute atomic E-state index is 0.0499. The lowest BCUT2D eigenvalue weighted by Crippen LogP contribution is -2.24. The molecule has 2 rings (SSSR count). The number of carbonyl (C=O) groups is 1. The summed E-state index contributed by atoms with van der Waals surface area (Å²) in [6.07, 6.45) is 0.295. The molecule has 0 fully saturated rings. The second-order valence-corrected chi connectivity index (χ2v) is 4.65. The third kappa shape index (κ3) is 3.54. The van der Waals surface area contributed by atoms with Crippen LogP contribution in [0.25, 0.3) is 0 Å². The quantitative estimate of drug-likeness (QED) is 0.924. The predicted molar refractivity (Wildman–Crippen MR) is 69.1 cm³/mol. The standard InChI is InChI=1S/C12H11ClN2OS/c13-11-4-2-1-3-9(11)5-12(16)14-6-10-7-17-8-15-10/h1-4,7-8H,5-6H2,(H,14,16). The van der Waals surface area contributed by atoms with Crippen molar-refractivity contribution in [3.63, 3.8) is 0 Å². The molecule has 0 spiro atoms. The zero-order valence-corrected chi connectivity index (χ0v) is 10.6. The molecule has 0 radical (unpaired) electrons. The van der Waals surface area contributed by atoms with Crippen molar-refractivity contribution in [1.82, 2.24) is 10.3 Å². The highest BCUT2D eigenvalue weighted by molar-refractivity contribution is 7.07. The highest BCUT2D eigenvalue weighted by Crippen LogP contribution is 2.15. The van der Waals surface area contributed by atoms with Gasteiger partial charge in [-0.25, -0.2) is 4.98 Å². The van der Waals surface area contributed by atoms with Gasteiger partial charge in [0.1, 0.15) is 0 Å². The second-order valence-electron chi connectivity index (χ2n) is 3.52. The fourth-order valence-corrected chi connectivity index (χ4v) is 2.15. The number of aromatic nitrogens is 1. The summed E-state index contributed by atoms with van der Waals surface area (Å²) in [5, 5.41) is 5.34. The van der Waals surface area contributed by atoms with Gasteiger partial charge >= 0.3 is 0 Å². The molecule has 0 unspecified atom stereocenters. The van der Waals surface area contributed by atoms with E-state index in [2.05, 4.69) is 10.3 Å². The summed E-state index contributed by atoms with van der Waals surface area (Å²) in [5.41, 5.74) is 3.46. The number of rotatable bonds is 4. The third-order valence-corrected chi connectivity index (χ3v) is 3.26. The van der Waals surface area contributed by atoms with Gasteiger partial charge < -0.3 is 5.32 Å². The van der Waals surface area contributed by atoms with Crippen molar-refractivity contribution < 1.29 is 4.79 Å². The molecular formula is C12H11ClN2OS. The first-order chi connectivity index (χ1) is 8.25. The summed E-state index contributed by atoms with van der Waals surface area (Å²) in [7, 11) is 0. The first kappa shape index (κ1) is 12.1. The topological polar surface area (TPSA) is 42.0 Å². The van der Waals surface area contributed by atoms with Gasteiger partial charge in [0.25, 0.3) is 0 Å². The molecule has 1 amide bonds. The number of hydrogen-bond acceptors (Lipinski definition) is 3. The van der Waals surface area contributed by atoms with Crippen LogP contribution in [0.3, 0.4) is 0 Å². The van der Waals surface area contributed by atoms with Crippen LogP contribution in [0.4, 0.5) is 0 Å². The summed E-state index contributed by atoms with van der Waals surface area (Å²) >= 11 is 7.49. The molecule has 0 bridgehead atoms. The molecule has 0 aliphatic carbocycles. The van der Waals surface area contributed by atoms with Crippen molar-refractivity contribution in [2.75, 3.05) is 0 Å². The van der Waals surface area contributed by atoms with Crippen LogP contribution < -0.4 is 5.32 Å².